The van der Waals surface area contributed by atoms with Crippen LogP contribution in [0.4, 0.5) is 17.2 Å². The molecule has 1 aromatic heterocycles. The smallest absolute Gasteiger partial charge is 0.259 e. The van der Waals surface area contributed by atoms with Crippen molar-refractivity contribution in [3.63, 3.8) is 0 Å². The second-order valence-electron chi connectivity index (χ2n) is 8.19. The first-order valence-electron chi connectivity index (χ1n) is 11.1. The maximum Gasteiger partial charge on any atom is 0.259 e. The predicted octanol–water partition coefficient (Wildman–Crippen LogP) is 4.09. The van der Waals surface area contributed by atoms with Gasteiger partial charge in [0.25, 0.3) is 5.91 Å². The molecule has 8 nitrogen and oxygen atoms in total. The Bertz CT molecular complexity index is 1270. The van der Waals surface area contributed by atoms with Gasteiger partial charge < -0.3 is 10.2 Å². The molecule has 2 amide bonds. The number of aromatic nitrogens is 1. The molecule has 0 spiro atoms. The molecule has 0 radical (unpaired) electrons. The van der Waals surface area contributed by atoms with Crippen LogP contribution < -0.4 is 10.2 Å². The Balaban J connectivity index is 1.81. The topological polar surface area (TPSA) is 81.1 Å². The van der Waals surface area contributed by atoms with Crippen molar-refractivity contribution in [3.05, 3.63) is 82.5 Å². The highest BCUT2D eigenvalue weighted by molar-refractivity contribution is 6.31. The third-order valence-electron chi connectivity index (χ3n) is 5.19. The minimum absolute atomic E-state index is 0.214. The molecular weight excluding hydrogens is 476 g/mol. The molecule has 1 N–H and O–H groups in total. The van der Waals surface area contributed by atoms with Crippen molar-refractivity contribution in [2.75, 3.05) is 44.4 Å². The van der Waals surface area contributed by atoms with Crippen LogP contribution in [0.5, 0.6) is 0 Å². The number of hydrogen-bond acceptors (Lipinski definition) is 6. The number of carbonyl (C=O) groups is 2. The zero-order valence-electron chi connectivity index (χ0n) is 20.4. The Labute approximate surface area is 216 Å². The fourth-order valence-electron chi connectivity index (χ4n) is 3.18. The van der Waals surface area contributed by atoms with Crippen molar-refractivity contribution >= 4 is 47.3 Å². The highest BCUT2D eigenvalue weighted by Crippen LogP contribution is 2.30. The monoisotopic (exact) mass is 502 g/mol. The number of anilines is 3. The Morgan fingerprint density at radius 1 is 1.11 bits per heavy atom. The van der Waals surface area contributed by atoms with Gasteiger partial charge in [-0.15, -0.1) is 6.42 Å². The SMILES string of the molecule is C#Cc1ccc(NC(=O)c2cc(Cl)ccc2N(C=O)c2ccc(C=NN(C)CCN(C)C)cc2)nc1. The molecule has 3 aromatic rings. The number of hydrazone groups is 1. The van der Waals surface area contributed by atoms with E-state index in [1.165, 1.54) is 17.2 Å². The number of pyridine rings is 1. The summed E-state index contributed by atoms with van der Waals surface area (Å²) in [6.45, 7) is 1.69. The minimum Gasteiger partial charge on any atom is -0.308 e. The predicted molar refractivity (Wildman–Crippen MR) is 145 cm³/mol. The molecule has 3 rings (SSSR count). The van der Waals surface area contributed by atoms with Crippen LogP contribution >= 0.6 is 11.6 Å². The van der Waals surface area contributed by atoms with Crippen LogP contribution in [0.15, 0.2) is 65.9 Å². The average molecular weight is 503 g/mol. The van der Waals surface area contributed by atoms with Gasteiger partial charge in [-0.05, 0) is 62.1 Å². The van der Waals surface area contributed by atoms with Crippen molar-refractivity contribution < 1.29 is 9.59 Å². The normalized spacial score (nSPS) is 10.8. The molecule has 184 valence electrons. The first-order chi connectivity index (χ1) is 17.3. The summed E-state index contributed by atoms with van der Waals surface area (Å²) in [6, 6.07) is 15.3. The van der Waals surface area contributed by atoms with Gasteiger partial charge in [0.2, 0.25) is 6.41 Å². The summed E-state index contributed by atoms with van der Waals surface area (Å²) in [5, 5.41) is 9.36. The Kier molecular flexibility index (Phi) is 9.17. The molecule has 9 heteroatoms. The zero-order valence-corrected chi connectivity index (χ0v) is 21.1. The van der Waals surface area contributed by atoms with E-state index in [0.29, 0.717) is 34.2 Å². The molecule has 2 aromatic carbocycles. The molecule has 0 aliphatic heterocycles. The van der Waals surface area contributed by atoms with Gasteiger partial charge in [0.15, 0.2) is 0 Å². The fraction of sp³-hybridized carbons (Fsp3) is 0.185. The lowest BCUT2D eigenvalue weighted by molar-refractivity contribution is -0.106. The number of nitrogens with zero attached hydrogens (tertiary/aromatic N) is 5. The van der Waals surface area contributed by atoms with E-state index in [0.717, 1.165) is 18.7 Å². The molecule has 0 bridgehead atoms. The van der Waals surface area contributed by atoms with Crippen molar-refractivity contribution in [2.24, 2.45) is 5.10 Å². The van der Waals surface area contributed by atoms with E-state index in [4.69, 9.17) is 18.0 Å². The highest BCUT2D eigenvalue weighted by Gasteiger charge is 2.19. The number of terminal acetylenes is 1. The van der Waals surface area contributed by atoms with Gasteiger partial charge in [0, 0.05) is 42.6 Å². The highest BCUT2D eigenvalue weighted by atomic mass is 35.5. The quantitative estimate of drug-likeness (QED) is 0.195. The van der Waals surface area contributed by atoms with E-state index in [-0.39, 0.29) is 5.56 Å². The van der Waals surface area contributed by atoms with Gasteiger partial charge in [-0.2, -0.15) is 5.10 Å². The van der Waals surface area contributed by atoms with Crippen LogP contribution in [0.25, 0.3) is 0 Å². The van der Waals surface area contributed by atoms with Crippen molar-refractivity contribution in [1.29, 1.82) is 0 Å². The van der Waals surface area contributed by atoms with Crippen molar-refractivity contribution in [3.8, 4) is 12.3 Å². The number of carbonyl (C=O) groups excluding carboxylic acids is 2. The summed E-state index contributed by atoms with van der Waals surface area (Å²) in [5.74, 6) is 2.33. The van der Waals surface area contributed by atoms with E-state index in [1.807, 2.05) is 38.3 Å². The summed E-state index contributed by atoms with van der Waals surface area (Å²) in [7, 11) is 5.94. The summed E-state index contributed by atoms with van der Waals surface area (Å²) in [6.07, 6.45) is 9.24. The van der Waals surface area contributed by atoms with Crippen LogP contribution in [0.1, 0.15) is 21.5 Å². The maximum atomic E-state index is 13.1. The van der Waals surface area contributed by atoms with Crippen molar-refractivity contribution in [1.82, 2.24) is 14.9 Å². The molecule has 1 heterocycles. The summed E-state index contributed by atoms with van der Waals surface area (Å²) < 4.78 is 0. The first-order valence-corrected chi connectivity index (χ1v) is 11.5. The number of nitrogens with one attached hydrogen (secondary N) is 1. The van der Waals surface area contributed by atoms with Crippen LogP contribution in [-0.2, 0) is 4.79 Å². The van der Waals surface area contributed by atoms with Crippen LogP contribution in [0.3, 0.4) is 0 Å². The summed E-state index contributed by atoms with van der Waals surface area (Å²) in [4.78, 5) is 32.8. The number of likely N-dealkylation sites (N-methyl/N-ethyl adjacent to an activating group) is 2. The molecule has 0 aliphatic carbocycles. The second kappa shape index (κ2) is 12.5. The van der Waals surface area contributed by atoms with Gasteiger partial charge in [0.05, 0.1) is 17.5 Å². The molecule has 0 atom stereocenters. The van der Waals surface area contributed by atoms with E-state index in [1.54, 1.807) is 42.6 Å². The second-order valence-corrected chi connectivity index (χ2v) is 8.62. The van der Waals surface area contributed by atoms with E-state index in [2.05, 4.69) is 26.2 Å². The lowest BCUT2D eigenvalue weighted by atomic mass is 10.1. The van der Waals surface area contributed by atoms with Gasteiger partial charge in [-0.25, -0.2) is 4.98 Å². The fourth-order valence-corrected chi connectivity index (χ4v) is 3.35. The van der Waals surface area contributed by atoms with Crippen LogP contribution in [0, 0.1) is 12.3 Å². The average Bonchev–Trinajstić information content (AvgIpc) is 2.88. The zero-order chi connectivity index (χ0) is 26.1. The van der Waals surface area contributed by atoms with E-state index in [9.17, 15) is 9.59 Å². The molecule has 0 saturated heterocycles. The largest absolute Gasteiger partial charge is 0.308 e. The number of halogens is 1. The van der Waals surface area contributed by atoms with Gasteiger partial charge in [0.1, 0.15) is 5.82 Å². The van der Waals surface area contributed by atoms with Gasteiger partial charge in [-0.3, -0.25) is 19.5 Å². The number of rotatable bonds is 10. The molecule has 0 unspecified atom stereocenters. The Hall–Kier alpha value is -4.19. The third-order valence-corrected chi connectivity index (χ3v) is 5.42. The Morgan fingerprint density at radius 3 is 2.47 bits per heavy atom. The Morgan fingerprint density at radius 2 is 1.86 bits per heavy atom. The molecular formula is C27H27ClN6O2. The molecule has 0 fully saturated rings. The van der Waals surface area contributed by atoms with Gasteiger partial charge >= 0.3 is 0 Å². The standard InChI is InChI=1S/C27H27ClN6O2/c1-5-20-8-13-26(29-17-20)31-27(36)24-16-22(28)9-12-25(24)34(19-35)23-10-6-21(7-11-23)18-30-33(4)15-14-32(2)3/h1,6-13,16-19H,14-15H2,2-4H3,(H,29,31,36). The minimum atomic E-state index is -0.468. The molecule has 0 aliphatic rings. The van der Waals surface area contributed by atoms with Crippen LogP contribution in [0.2, 0.25) is 5.02 Å². The van der Waals surface area contributed by atoms with Crippen LogP contribution in [-0.4, -0.2) is 67.7 Å². The van der Waals surface area contributed by atoms with E-state index >= 15 is 0 Å². The van der Waals surface area contributed by atoms with Crippen molar-refractivity contribution in [2.45, 2.75) is 0 Å². The lowest BCUT2D eigenvalue weighted by Crippen LogP contribution is -2.25. The van der Waals surface area contributed by atoms with E-state index < -0.39 is 5.91 Å². The lowest BCUT2D eigenvalue weighted by Gasteiger charge is -2.21. The maximum absolute atomic E-state index is 13.1. The first kappa shape index (κ1) is 26.4. The summed E-state index contributed by atoms with van der Waals surface area (Å²) >= 11 is 6.17. The summed E-state index contributed by atoms with van der Waals surface area (Å²) in [5.41, 5.74) is 2.63. The molecule has 36 heavy (non-hydrogen) atoms. The number of hydrogen-bond donors (Lipinski definition) is 1. The number of amides is 2. The third kappa shape index (κ3) is 7.15. The molecule has 0 saturated carbocycles. The number of benzene rings is 2. The van der Waals surface area contributed by atoms with Gasteiger partial charge in [-0.1, -0.05) is 29.7 Å².